The number of nitrogens with zero attached hydrogens (tertiary/aromatic N) is 1. The quantitative estimate of drug-likeness (QED) is 0.747. The molecule has 1 heterocycles. The van der Waals surface area contributed by atoms with E-state index < -0.39 is 5.60 Å². The van der Waals surface area contributed by atoms with Crippen molar-refractivity contribution in [3.63, 3.8) is 0 Å². The third-order valence-corrected chi connectivity index (χ3v) is 3.21. The molecule has 20 heavy (non-hydrogen) atoms. The van der Waals surface area contributed by atoms with Crippen molar-refractivity contribution in [3.05, 3.63) is 12.1 Å². The Balaban J connectivity index is 2.80. The molecule has 1 aromatic heterocycles. The zero-order valence-corrected chi connectivity index (χ0v) is 13.2. The van der Waals surface area contributed by atoms with Gasteiger partial charge in [0.2, 0.25) is 5.88 Å². The maximum Gasteiger partial charge on any atom is 0.239 e. The largest absolute Gasteiger partial charge is 0.470 e. The van der Waals surface area contributed by atoms with Gasteiger partial charge in [0.05, 0.1) is 11.3 Å². The van der Waals surface area contributed by atoms with E-state index in [9.17, 15) is 5.11 Å². The molecule has 0 fully saturated rings. The van der Waals surface area contributed by atoms with E-state index in [-0.39, 0.29) is 5.60 Å². The van der Waals surface area contributed by atoms with E-state index in [1.54, 1.807) is 12.1 Å². The van der Waals surface area contributed by atoms with Crippen molar-refractivity contribution in [2.45, 2.75) is 58.7 Å². The molecule has 0 aliphatic carbocycles. The van der Waals surface area contributed by atoms with Crippen LogP contribution in [-0.2, 0) is 0 Å². The first-order chi connectivity index (χ1) is 9.19. The van der Waals surface area contributed by atoms with Gasteiger partial charge in [0.1, 0.15) is 11.4 Å². The van der Waals surface area contributed by atoms with Gasteiger partial charge in [-0.1, -0.05) is 13.8 Å². The number of nitrogens with two attached hydrogens (primary N) is 1. The van der Waals surface area contributed by atoms with Gasteiger partial charge >= 0.3 is 0 Å². The SMILES string of the molecule is CCC(O)(CC)CNc1ccc(N)c(OC(C)(C)C)n1. The highest BCUT2D eigenvalue weighted by Crippen LogP contribution is 2.25. The second-order valence-electron chi connectivity index (χ2n) is 6.09. The molecule has 0 aliphatic heterocycles. The Morgan fingerprint density at radius 2 is 1.85 bits per heavy atom. The normalized spacial score (nSPS) is 12.3. The number of anilines is 2. The van der Waals surface area contributed by atoms with Crippen molar-refractivity contribution in [1.82, 2.24) is 4.98 Å². The number of hydrogen-bond acceptors (Lipinski definition) is 5. The molecule has 0 atom stereocenters. The Kier molecular flexibility index (Phi) is 5.22. The number of nitrogens with one attached hydrogen (secondary N) is 1. The van der Waals surface area contributed by atoms with E-state index in [0.29, 0.717) is 36.8 Å². The highest BCUT2D eigenvalue weighted by molar-refractivity contribution is 5.53. The molecular weight excluding hydrogens is 254 g/mol. The van der Waals surface area contributed by atoms with Crippen LogP contribution >= 0.6 is 0 Å². The molecule has 0 saturated carbocycles. The van der Waals surface area contributed by atoms with Crippen LogP contribution in [0.5, 0.6) is 5.88 Å². The van der Waals surface area contributed by atoms with Crippen LogP contribution in [0.2, 0.25) is 0 Å². The average Bonchev–Trinajstić information content (AvgIpc) is 2.38. The molecule has 0 unspecified atom stereocenters. The molecule has 0 saturated heterocycles. The first-order valence-electron chi connectivity index (χ1n) is 7.11. The lowest BCUT2D eigenvalue weighted by Crippen LogP contribution is -2.35. The van der Waals surface area contributed by atoms with Crippen molar-refractivity contribution in [2.75, 3.05) is 17.6 Å². The number of rotatable bonds is 6. The highest BCUT2D eigenvalue weighted by atomic mass is 16.5. The number of nitrogen functional groups attached to an aromatic ring is 1. The minimum absolute atomic E-state index is 0.354. The first-order valence-corrected chi connectivity index (χ1v) is 7.11. The highest BCUT2D eigenvalue weighted by Gasteiger charge is 2.22. The molecule has 4 N–H and O–H groups in total. The fraction of sp³-hybridized carbons (Fsp3) is 0.667. The van der Waals surface area contributed by atoms with Crippen LogP contribution in [0, 0.1) is 0 Å². The van der Waals surface area contributed by atoms with Crippen LogP contribution in [0.1, 0.15) is 47.5 Å². The van der Waals surface area contributed by atoms with E-state index in [1.165, 1.54) is 0 Å². The topological polar surface area (TPSA) is 80.4 Å². The molecule has 0 spiro atoms. The molecule has 1 rings (SSSR count). The van der Waals surface area contributed by atoms with Gasteiger partial charge < -0.3 is 20.9 Å². The van der Waals surface area contributed by atoms with Gasteiger partial charge in [-0.15, -0.1) is 0 Å². The van der Waals surface area contributed by atoms with Crippen LogP contribution < -0.4 is 15.8 Å². The number of hydrogen-bond donors (Lipinski definition) is 3. The van der Waals surface area contributed by atoms with Crippen molar-refractivity contribution in [3.8, 4) is 5.88 Å². The van der Waals surface area contributed by atoms with E-state index in [2.05, 4.69) is 10.3 Å². The summed E-state index contributed by atoms with van der Waals surface area (Å²) in [6, 6.07) is 3.55. The molecule has 1 aromatic rings. The Bertz CT molecular complexity index is 437. The predicted molar refractivity (Wildman–Crippen MR) is 83.1 cm³/mol. The standard InChI is InChI=1S/C15H27N3O2/c1-6-15(19,7-2)10-17-12-9-8-11(16)13(18-12)20-14(3,4)5/h8-9,19H,6-7,10,16H2,1-5H3,(H,17,18). The molecule has 5 heteroatoms. The minimum atomic E-state index is -0.714. The number of ether oxygens (including phenoxy) is 1. The zero-order chi connectivity index (χ0) is 15.4. The van der Waals surface area contributed by atoms with Crippen molar-refractivity contribution in [2.24, 2.45) is 0 Å². The van der Waals surface area contributed by atoms with Crippen LogP contribution in [0.15, 0.2) is 12.1 Å². The molecule has 0 amide bonds. The first kappa shape index (κ1) is 16.6. The van der Waals surface area contributed by atoms with Crippen molar-refractivity contribution >= 4 is 11.5 Å². The summed E-state index contributed by atoms with van der Waals surface area (Å²) in [5, 5.41) is 13.4. The van der Waals surface area contributed by atoms with Crippen LogP contribution in [0.4, 0.5) is 11.5 Å². The maximum absolute atomic E-state index is 10.3. The second kappa shape index (κ2) is 6.31. The molecule has 0 bridgehead atoms. The summed E-state index contributed by atoms with van der Waals surface area (Å²) in [4.78, 5) is 4.36. The Morgan fingerprint density at radius 3 is 2.35 bits per heavy atom. The number of pyridine rings is 1. The van der Waals surface area contributed by atoms with Gasteiger partial charge in [-0.05, 0) is 45.7 Å². The fourth-order valence-corrected chi connectivity index (χ4v) is 1.68. The fourth-order valence-electron chi connectivity index (χ4n) is 1.68. The minimum Gasteiger partial charge on any atom is -0.470 e. The van der Waals surface area contributed by atoms with Crippen LogP contribution in [0.3, 0.4) is 0 Å². The maximum atomic E-state index is 10.3. The summed E-state index contributed by atoms with van der Waals surface area (Å²) in [5.74, 6) is 1.07. The lowest BCUT2D eigenvalue weighted by molar-refractivity contribution is 0.0456. The lowest BCUT2D eigenvalue weighted by Gasteiger charge is -2.26. The van der Waals surface area contributed by atoms with Gasteiger partial charge in [0, 0.05) is 6.54 Å². The van der Waals surface area contributed by atoms with Gasteiger partial charge in [-0.2, -0.15) is 4.98 Å². The zero-order valence-electron chi connectivity index (χ0n) is 13.2. The Labute approximate surface area is 121 Å². The Hall–Kier alpha value is -1.49. The molecule has 0 aromatic carbocycles. The van der Waals surface area contributed by atoms with Crippen molar-refractivity contribution < 1.29 is 9.84 Å². The lowest BCUT2D eigenvalue weighted by atomic mass is 9.98. The van der Waals surface area contributed by atoms with E-state index in [0.717, 1.165) is 0 Å². The Morgan fingerprint density at radius 1 is 1.25 bits per heavy atom. The van der Waals surface area contributed by atoms with Gasteiger partial charge in [-0.3, -0.25) is 0 Å². The summed E-state index contributed by atoms with van der Waals surface area (Å²) >= 11 is 0. The van der Waals surface area contributed by atoms with Gasteiger partial charge in [0.25, 0.3) is 0 Å². The third-order valence-electron chi connectivity index (χ3n) is 3.21. The summed E-state index contributed by atoms with van der Waals surface area (Å²) in [7, 11) is 0. The summed E-state index contributed by atoms with van der Waals surface area (Å²) in [5.41, 5.74) is 5.30. The second-order valence-corrected chi connectivity index (χ2v) is 6.09. The number of aromatic nitrogens is 1. The van der Waals surface area contributed by atoms with Gasteiger partial charge in [-0.25, -0.2) is 0 Å². The average molecular weight is 281 g/mol. The number of aliphatic hydroxyl groups is 1. The molecule has 0 radical (unpaired) electrons. The van der Waals surface area contributed by atoms with Gasteiger partial charge in [0.15, 0.2) is 0 Å². The smallest absolute Gasteiger partial charge is 0.239 e. The van der Waals surface area contributed by atoms with E-state index in [4.69, 9.17) is 10.5 Å². The van der Waals surface area contributed by atoms with Crippen LogP contribution in [-0.4, -0.2) is 27.8 Å². The summed E-state index contributed by atoms with van der Waals surface area (Å²) in [6.07, 6.45) is 1.38. The monoisotopic (exact) mass is 281 g/mol. The summed E-state index contributed by atoms with van der Waals surface area (Å²) in [6.45, 7) is 10.2. The van der Waals surface area contributed by atoms with E-state index >= 15 is 0 Å². The van der Waals surface area contributed by atoms with Crippen LogP contribution in [0.25, 0.3) is 0 Å². The summed E-state index contributed by atoms with van der Waals surface area (Å²) < 4.78 is 5.72. The van der Waals surface area contributed by atoms with E-state index in [1.807, 2.05) is 34.6 Å². The molecule has 114 valence electrons. The molecule has 5 nitrogen and oxygen atoms in total. The third kappa shape index (κ3) is 4.89. The molecular formula is C15H27N3O2. The molecule has 0 aliphatic rings. The predicted octanol–water partition coefficient (Wildman–Crippen LogP) is 2.80. The van der Waals surface area contributed by atoms with Crippen molar-refractivity contribution in [1.29, 1.82) is 0 Å².